The van der Waals surface area contributed by atoms with Crippen LogP contribution >= 0.6 is 11.8 Å². The molecule has 0 saturated carbocycles. The summed E-state index contributed by atoms with van der Waals surface area (Å²) in [5.74, 6) is -0.982. The van der Waals surface area contributed by atoms with Crippen molar-refractivity contribution in [3.05, 3.63) is 36.6 Å². The molecule has 0 aliphatic carbocycles. The van der Waals surface area contributed by atoms with Gasteiger partial charge in [0.15, 0.2) is 5.96 Å². The smallest absolute Gasteiger partial charge is 0.243 e. The number of thioether (sulfide) groups is 1. The van der Waals surface area contributed by atoms with E-state index < -0.39 is 18.0 Å². The second-order valence-electron chi connectivity index (χ2n) is 7.40. The Morgan fingerprint density at radius 1 is 1.29 bits per heavy atom. The third-order valence-corrected chi connectivity index (χ3v) is 5.81. The lowest BCUT2D eigenvalue weighted by Gasteiger charge is -2.27. The average molecular weight is 493 g/mol. The number of carbonyl (C=O) groups is 3. The van der Waals surface area contributed by atoms with Gasteiger partial charge in [-0.05, 0) is 32.3 Å². The topological polar surface area (TPSA) is 143 Å². The fourth-order valence-electron chi connectivity index (χ4n) is 2.95. The number of Topliss-reactive ketones (excluding diaryl/α,β-unsaturated/α-hetero) is 1. The number of amides is 2. The number of likely N-dealkylation sites (N-methyl/N-ethyl adjacent to an activating group) is 1. The number of allylic oxidation sites excluding steroid dienone is 3. The van der Waals surface area contributed by atoms with E-state index in [1.54, 1.807) is 13.1 Å². The minimum atomic E-state index is -0.842. The van der Waals surface area contributed by atoms with E-state index in [1.807, 2.05) is 45.9 Å². The molecule has 1 heterocycles. The number of hydrogen-bond donors (Lipinski definition) is 3. The van der Waals surface area contributed by atoms with Crippen molar-refractivity contribution in [2.45, 2.75) is 71.2 Å². The van der Waals surface area contributed by atoms with Gasteiger partial charge in [-0.3, -0.25) is 19.4 Å². The van der Waals surface area contributed by atoms with Gasteiger partial charge in [0.25, 0.3) is 0 Å². The van der Waals surface area contributed by atoms with Crippen LogP contribution < -0.4 is 16.8 Å². The predicted octanol–water partition coefficient (Wildman–Crippen LogP) is 2.54. The Balaban J connectivity index is 0.00000529. The summed E-state index contributed by atoms with van der Waals surface area (Å²) in [4.78, 5) is 47.8. The summed E-state index contributed by atoms with van der Waals surface area (Å²) in [7, 11) is 1.56. The van der Waals surface area contributed by atoms with Crippen molar-refractivity contribution >= 4 is 40.4 Å². The van der Waals surface area contributed by atoms with Crippen LogP contribution in [0.15, 0.2) is 46.6 Å². The highest BCUT2D eigenvalue weighted by Crippen LogP contribution is 2.20. The summed E-state index contributed by atoms with van der Waals surface area (Å²) in [6.07, 6.45) is 8.55. The van der Waals surface area contributed by atoms with Gasteiger partial charge in [0.05, 0.1) is 11.7 Å². The van der Waals surface area contributed by atoms with Crippen LogP contribution in [-0.4, -0.2) is 64.4 Å². The zero-order chi connectivity index (χ0) is 26.3. The molecule has 1 aliphatic rings. The van der Waals surface area contributed by atoms with Crippen molar-refractivity contribution in [3.8, 4) is 0 Å². The summed E-state index contributed by atoms with van der Waals surface area (Å²) in [6.45, 7) is 13.3. The van der Waals surface area contributed by atoms with Crippen LogP contribution in [0.5, 0.6) is 0 Å². The Morgan fingerprint density at radius 3 is 2.50 bits per heavy atom. The second-order valence-corrected chi connectivity index (χ2v) is 8.77. The molecule has 3 atom stereocenters. The molecule has 0 fully saturated rings. The van der Waals surface area contributed by atoms with Crippen molar-refractivity contribution in [2.75, 3.05) is 13.6 Å². The molecule has 0 aromatic carbocycles. The van der Waals surface area contributed by atoms with Gasteiger partial charge < -0.3 is 21.7 Å². The first-order chi connectivity index (χ1) is 16.1. The number of guanidine groups is 1. The van der Waals surface area contributed by atoms with E-state index in [-0.39, 0.29) is 27.9 Å². The van der Waals surface area contributed by atoms with E-state index in [2.05, 4.69) is 21.9 Å². The number of ketones is 1. The molecule has 10 heteroatoms. The van der Waals surface area contributed by atoms with Crippen LogP contribution in [0.2, 0.25) is 0 Å². The highest BCUT2D eigenvalue weighted by atomic mass is 32.2. The van der Waals surface area contributed by atoms with Crippen LogP contribution in [0.25, 0.3) is 0 Å². The van der Waals surface area contributed by atoms with Gasteiger partial charge in [-0.1, -0.05) is 57.3 Å². The molecule has 190 valence electrons. The molecule has 1 aliphatic heterocycles. The van der Waals surface area contributed by atoms with Crippen molar-refractivity contribution in [1.29, 1.82) is 0 Å². The fourth-order valence-corrected chi connectivity index (χ4v) is 3.90. The molecule has 1 unspecified atom stereocenters. The number of nitrogens with one attached hydrogen (secondary N) is 1. The van der Waals surface area contributed by atoms with E-state index in [4.69, 9.17) is 11.5 Å². The normalized spacial score (nSPS) is 18.8. The molecule has 0 aromatic heterocycles. The molecule has 9 nitrogen and oxygen atoms in total. The molecule has 0 radical (unpaired) electrons. The van der Waals surface area contributed by atoms with Crippen LogP contribution in [-0.2, 0) is 14.4 Å². The molecule has 0 aromatic rings. The maximum absolute atomic E-state index is 13.4. The maximum atomic E-state index is 13.4. The van der Waals surface area contributed by atoms with E-state index >= 15 is 0 Å². The second kappa shape index (κ2) is 16.7. The quantitative estimate of drug-likeness (QED) is 0.243. The summed E-state index contributed by atoms with van der Waals surface area (Å²) >= 11 is 1.30. The third-order valence-electron chi connectivity index (χ3n) is 4.77. The van der Waals surface area contributed by atoms with E-state index in [1.165, 1.54) is 23.6 Å². The summed E-state index contributed by atoms with van der Waals surface area (Å²) in [6, 6.07) is -1.53. The SMILES string of the molecule is C=C1/C=C\C=C/C(C)SC(C(=O)[C@H](CCCN=C(N)N)NC(=O)[C@H](CC)N(C)C(C)=O)=N1.CC. The van der Waals surface area contributed by atoms with Gasteiger partial charge in [-0.25, -0.2) is 4.99 Å². The molecule has 5 N–H and O–H groups in total. The van der Waals surface area contributed by atoms with Gasteiger partial charge in [-0.15, -0.1) is 0 Å². The maximum Gasteiger partial charge on any atom is 0.243 e. The fraction of sp³-hybridized carbons (Fsp3) is 0.542. The summed E-state index contributed by atoms with van der Waals surface area (Å²) in [5.41, 5.74) is 11.2. The zero-order valence-corrected chi connectivity index (χ0v) is 22.0. The lowest BCUT2D eigenvalue weighted by atomic mass is 10.1. The molecular formula is C24H40N6O3S. The number of nitrogens with zero attached hydrogens (tertiary/aromatic N) is 3. The van der Waals surface area contributed by atoms with Crippen LogP contribution in [0.1, 0.15) is 53.9 Å². The molecule has 0 bridgehead atoms. The largest absolute Gasteiger partial charge is 0.370 e. The number of aliphatic imine (C=N–C) groups is 2. The molecule has 34 heavy (non-hydrogen) atoms. The Kier molecular flexibility index (Phi) is 15.3. The minimum Gasteiger partial charge on any atom is -0.370 e. The highest BCUT2D eigenvalue weighted by Gasteiger charge is 2.30. The van der Waals surface area contributed by atoms with Crippen molar-refractivity contribution in [3.63, 3.8) is 0 Å². The van der Waals surface area contributed by atoms with E-state index in [9.17, 15) is 14.4 Å². The van der Waals surface area contributed by atoms with Gasteiger partial charge >= 0.3 is 0 Å². The summed E-state index contributed by atoms with van der Waals surface area (Å²) < 4.78 is 0. The van der Waals surface area contributed by atoms with Crippen molar-refractivity contribution < 1.29 is 14.4 Å². The van der Waals surface area contributed by atoms with Crippen LogP contribution in [0.3, 0.4) is 0 Å². The van der Waals surface area contributed by atoms with Crippen molar-refractivity contribution in [1.82, 2.24) is 10.2 Å². The average Bonchev–Trinajstić information content (AvgIpc) is 2.87. The third kappa shape index (κ3) is 11.3. The Hall–Kier alpha value is -2.88. The monoisotopic (exact) mass is 492 g/mol. The van der Waals surface area contributed by atoms with E-state index in [0.717, 1.165) is 0 Å². The first-order valence-corrected chi connectivity index (χ1v) is 12.4. The lowest BCUT2D eigenvalue weighted by molar-refractivity contribution is -0.138. The first-order valence-electron chi connectivity index (χ1n) is 11.5. The molecule has 1 rings (SSSR count). The first kappa shape index (κ1) is 31.1. The Labute approximate surface area is 207 Å². The molecular weight excluding hydrogens is 452 g/mol. The van der Waals surface area contributed by atoms with Gasteiger partial charge in [0.1, 0.15) is 11.1 Å². The predicted molar refractivity (Wildman–Crippen MR) is 143 cm³/mol. The van der Waals surface area contributed by atoms with Gasteiger partial charge in [0, 0.05) is 25.8 Å². The molecule has 0 saturated heterocycles. The number of carbonyl (C=O) groups excluding carboxylic acids is 3. The Morgan fingerprint density at radius 2 is 1.94 bits per heavy atom. The minimum absolute atomic E-state index is 0.00141. The standard InChI is InChI=1S/C22H34N6O3S.C2H6/c1-6-18(28(5)16(4)29)20(31)27-17(12-9-13-25-22(23)24)19(30)21-26-14(2)10-7-8-11-15(3)32-21;1-2/h7-8,10-11,15,17-18H,2,6,9,12-13H2,1,3-5H3,(H,27,31)(H4,23,24,25);1-2H3/b10-7-,11-8-,26-21?;/t15?,17-,18-;/m0./s1. The summed E-state index contributed by atoms with van der Waals surface area (Å²) in [5, 5.41) is 3.08. The zero-order valence-electron chi connectivity index (χ0n) is 21.2. The molecule has 2 amide bonds. The number of rotatable bonds is 10. The Bertz CT molecular complexity index is 831. The number of nitrogens with two attached hydrogens (primary N) is 2. The van der Waals surface area contributed by atoms with Gasteiger partial charge in [0.2, 0.25) is 17.6 Å². The van der Waals surface area contributed by atoms with Gasteiger partial charge in [-0.2, -0.15) is 0 Å². The highest BCUT2D eigenvalue weighted by molar-refractivity contribution is 8.16. The molecule has 0 spiro atoms. The van der Waals surface area contributed by atoms with Crippen LogP contribution in [0.4, 0.5) is 0 Å². The van der Waals surface area contributed by atoms with E-state index in [0.29, 0.717) is 31.5 Å². The van der Waals surface area contributed by atoms with Crippen LogP contribution in [0, 0.1) is 0 Å². The lowest BCUT2D eigenvalue weighted by Crippen LogP contribution is -2.52. The number of hydrogen-bond acceptors (Lipinski definition) is 6. The van der Waals surface area contributed by atoms with Crippen molar-refractivity contribution in [2.24, 2.45) is 21.5 Å².